The molecular weight excluding hydrogens is 394 g/mol. The van der Waals surface area contributed by atoms with Gasteiger partial charge in [0.05, 0.1) is 7.11 Å². The van der Waals surface area contributed by atoms with E-state index in [1.807, 2.05) is 36.4 Å². The molecule has 1 heterocycles. The number of hydrogen-bond acceptors (Lipinski definition) is 3. The standard InChI is InChI=1S/C20H24BrN3O2/c1-24-12-11-19(18(13-24)14-3-9-17(26-2)10-4-14)23-20(25)22-16-7-5-15(21)6-8-16/h3-10,18-19H,11-13H2,1-2H3,(H2,22,23,25). The quantitative estimate of drug-likeness (QED) is 0.787. The van der Waals surface area contributed by atoms with E-state index in [-0.39, 0.29) is 18.0 Å². The first-order valence-electron chi connectivity index (χ1n) is 8.71. The van der Waals surface area contributed by atoms with E-state index in [2.05, 4.69) is 50.6 Å². The molecule has 1 fully saturated rings. The number of hydrogen-bond donors (Lipinski definition) is 2. The minimum absolute atomic E-state index is 0.0926. The molecule has 1 aliphatic rings. The van der Waals surface area contributed by atoms with Gasteiger partial charge < -0.3 is 20.3 Å². The number of nitrogens with zero attached hydrogens (tertiary/aromatic N) is 1. The molecule has 1 saturated heterocycles. The normalized spacial score (nSPS) is 20.4. The van der Waals surface area contributed by atoms with Gasteiger partial charge in [-0.3, -0.25) is 0 Å². The van der Waals surface area contributed by atoms with Crippen molar-refractivity contribution in [3.05, 3.63) is 58.6 Å². The second-order valence-electron chi connectivity index (χ2n) is 6.64. The lowest BCUT2D eigenvalue weighted by molar-refractivity contribution is 0.202. The molecule has 2 unspecified atom stereocenters. The number of benzene rings is 2. The predicted octanol–water partition coefficient (Wildman–Crippen LogP) is 4.07. The molecule has 3 rings (SSSR count). The van der Waals surface area contributed by atoms with Gasteiger partial charge in [-0.1, -0.05) is 28.1 Å². The number of anilines is 1. The highest BCUT2D eigenvalue weighted by atomic mass is 79.9. The predicted molar refractivity (Wildman–Crippen MR) is 108 cm³/mol. The molecule has 26 heavy (non-hydrogen) atoms. The lowest BCUT2D eigenvalue weighted by Gasteiger charge is -2.37. The SMILES string of the molecule is COc1ccc(C2CN(C)CCC2NC(=O)Nc2ccc(Br)cc2)cc1. The Labute approximate surface area is 162 Å². The van der Waals surface area contributed by atoms with E-state index in [1.54, 1.807) is 7.11 Å². The van der Waals surface area contributed by atoms with Crippen molar-refractivity contribution < 1.29 is 9.53 Å². The molecule has 6 heteroatoms. The first-order valence-corrected chi connectivity index (χ1v) is 9.50. The van der Waals surface area contributed by atoms with Crippen LogP contribution in [0.4, 0.5) is 10.5 Å². The second-order valence-corrected chi connectivity index (χ2v) is 7.56. The van der Waals surface area contributed by atoms with Crippen LogP contribution in [0.3, 0.4) is 0 Å². The summed E-state index contributed by atoms with van der Waals surface area (Å²) in [5.41, 5.74) is 1.99. The summed E-state index contributed by atoms with van der Waals surface area (Å²) in [7, 11) is 3.79. The van der Waals surface area contributed by atoms with Crippen molar-refractivity contribution in [2.75, 3.05) is 32.6 Å². The molecule has 0 saturated carbocycles. The molecule has 5 nitrogen and oxygen atoms in total. The molecule has 0 bridgehead atoms. The molecule has 2 aromatic rings. The average Bonchev–Trinajstić information content (AvgIpc) is 2.65. The van der Waals surface area contributed by atoms with Crippen molar-refractivity contribution >= 4 is 27.6 Å². The zero-order chi connectivity index (χ0) is 18.5. The van der Waals surface area contributed by atoms with Gasteiger partial charge in [-0.15, -0.1) is 0 Å². The number of likely N-dealkylation sites (tertiary alicyclic amines) is 1. The van der Waals surface area contributed by atoms with Gasteiger partial charge in [-0.05, 0) is 62.0 Å². The van der Waals surface area contributed by atoms with E-state index in [9.17, 15) is 4.79 Å². The molecule has 0 aromatic heterocycles. The van der Waals surface area contributed by atoms with Gasteiger partial charge in [0.15, 0.2) is 0 Å². The summed E-state index contributed by atoms with van der Waals surface area (Å²) in [5, 5.41) is 6.07. The molecule has 2 aromatic carbocycles. The van der Waals surface area contributed by atoms with E-state index >= 15 is 0 Å². The van der Waals surface area contributed by atoms with Crippen LogP contribution in [0.2, 0.25) is 0 Å². The third kappa shape index (κ3) is 4.77. The van der Waals surface area contributed by atoms with E-state index in [1.165, 1.54) is 5.56 Å². The van der Waals surface area contributed by atoms with Gasteiger partial charge in [0.2, 0.25) is 0 Å². The van der Waals surface area contributed by atoms with Crippen LogP contribution in [0.25, 0.3) is 0 Å². The fourth-order valence-corrected chi connectivity index (χ4v) is 3.61. The zero-order valence-electron chi connectivity index (χ0n) is 15.0. The Bertz CT molecular complexity index is 734. The number of piperidine rings is 1. The van der Waals surface area contributed by atoms with Crippen molar-refractivity contribution in [2.45, 2.75) is 18.4 Å². The van der Waals surface area contributed by atoms with Crippen molar-refractivity contribution in [2.24, 2.45) is 0 Å². The van der Waals surface area contributed by atoms with Gasteiger partial charge in [0.1, 0.15) is 5.75 Å². The van der Waals surface area contributed by atoms with Crippen LogP contribution in [0.1, 0.15) is 17.9 Å². The maximum atomic E-state index is 12.5. The summed E-state index contributed by atoms with van der Waals surface area (Å²) >= 11 is 3.40. The Morgan fingerprint density at radius 3 is 2.50 bits per heavy atom. The van der Waals surface area contributed by atoms with Gasteiger partial charge in [-0.25, -0.2) is 4.79 Å². The molecule has 0 radical (unpaired) electrons. The summed E-state index contributed by atoms with van der Waals surface area (Å²) in [5.74, 6) is 1.09. The van der Waals surface area contributed by atoms with Crippen LogP contribution < -0.4 is 15.4 Å². The average molecular weight is 418 g/mol. The Hall–Kier alpha value is -2.05. The first-order chi connectivity index (χ1) is 12.5. The van der Waals surface area contributed by atoms with Gasteiger partial charge in [0, 0.05) is 28.7 Å². The maximum absolute atomic E-state index is 12.5. The third-order valence-corrected chi connectivity index (χ3v) is 5.31. The molecule has 2 atom stereocenters. The Kier molecular flexibility index (Phi) is 6.16. The largest absolute Gasteiger partial charge is 0.497 e. The van der Waals surface area contributed by atoms with E-state index in [4.69, 9.17) is 4.74 Å². The fourth-order valence-electron chi connectivity index (χ4n) is 3.35. The third-order valence-electron chi connectivity index (χ3n) is 4.78. The lowest BCUT2D eigenvalue weighted by atomic mass is 9.86. The van der Waals surface area contributed by atoms with E-state index in [0.29, 0.717) is 0 Å². The highest BCUT2D eigenvalue weighted by Gasteiger charge is 2.30. The molecule has 0 spiro atoms. The van der Waals surface area contributed by atoms with Gasteiger partial charge in [0.25, 0.3) is 0 Å². The number of rotatable bonds is 4. The van der Waals surface area contributed by atoms with Crippen LogP contribution in [-0.4, -0.2) is 44.2 Å². The number of likely N-dealkylation sites (N-methyl/N-ethyl adjacent to an activating group) is 1. The summed E-state index contributed by atoms with van der Waals surface area (Å²) in [4.78, 5) is 14.8. The number of ether oxygens (including phenoxy) is 1. The number of amides is 2. The number of urea groups is 1. The molecule has 2 amide bonds. The number of carbonyl (C=O) groups excluding carboxylic acids is 1. The van der Waals surface area contributed by atoms with Crippen LogP contribution in [0.15, 0.2) is 53.0 Å². The monoisotopic (exact) mass is 417 g/mol. The second kappa shape index (κ2) is 8.56. The number of halogens is 1. The molecule has 2 N–H and O–H groups in total. The van der Waals surface area contributed by atoms with Crippen molar-refractivity contribution in [3.63, 3.8) is 0 Å². The summed E-state index contributed by atoms with van der Waals surface area (Å²) < 4.78 is 6.23. The molecule has 138 valence electrons. The lowest BCUT2D eigenvalue weighted by Crippen LogP contribution is -2.49. The van der Waals surface area contributed by atoms with Crippen molar-refractivity contribution in [1.82, 2.24) is 10.2 Å². The summed E-state index contributed by atoms with van der Waals surface area (Å²) in [6.07, 6.45) is 0.918. The first kappa shape index (κ1) is 18.7. The number of carbonyl (C=O) groups is 1. The van der Waals surface area contributed by atoms with Crippen molar-refractivity contribution in [3.8, 4) is 5.75 Å². The van der Waals surface area contributed by atoms with Crippen LogP contribution >= 0.6 is 15.9 Å². The van der Waals surface area contributed by atoms with Crippen molar-refractivity contribution in [1.29, 1.82) is 0 Å². The number of methoxy groups -OCH3 is 1. The highest BCUT2D eigenvalue weighted by molar-refractivity contribution is 9.10. The summed E-state index contributed by atoms with van der Waals surface area (Å²) in [6.45, 7) is 1.88. The Balaban J connectivity index is 1.68. The fraction of sp³-hybridized carbons (Fsp3) is 0.350. The Morgan fingerprint density at radius 1 is 1.15 bits per heavy atom. The summed E-state index contributed by atoms with van der Waals surface area (Å²) in [6, 6.07) is 15.6. The van der Waals surface area contributed by atoms with Crippen LogP contribution in [0, 0.1) is 0 Å². The van der Waals surface area contributed by atoms with Crippen LogP contribution in [-0.2, 0) is 0 Å². The highest BCUT2D eigenvalue weighted by Crippen LogP contribution is 2.28. The van der Waals surface area contributed by atoms with Crippen LogP contribution in [0.5, 0.6) is 5.75 Å². The molecule has 0 aliphatic carbocycles. The maximum Gasteiger partial charge on any atom is 0.319 e. The molecular formula is C20H24BrN3O2. The minimum atomic E-state index is -0.166. The smallest absolute Gasteiger partial charge is 0.319 e. The minimum Gasteiger partial charge on any atom is -0.497 e. The Morgan fingerprint density at radius 2 is 1.85 bits per heavy atom. The van der Waals surface area contributed by atoms with E-state index < -0.39 is 0 Å². The number of nitrogens with one attached hydrogen (secondary N) is 2. The topological polar surface area (TPSA) is 53.6 Å². The van der Waals surface area contributed by atoms with E-state index in [0.717, 1.165) is 35.4 Å². The zero-order valence-corrected chi connectivity index (χ0v) is 16.6. The molecule has 1 aliphatic heterocycles. The van der Waals surface area contributed by atoms with Gasteiger partial charge >= 0.3 is 6.03 Å². The van der Waals surface area contributed by atoms with Gasteiger partial charge in [-0.2, -0.15) is 0 Å².